The van der Waals surface area contributed by atoms with Crippen LogP contribution in [-0.2, 0) is 28.0 Å². The van der Waals surface area contributed by atoms with Crippen LogP contribution in [0.2, 0.25) is 0 Å². The number of amides is 2. The highest BCUT2D eigenvalue weighted by molar-refractivity contribution is 5.99. The maximum absolute atomic E-state index is 13.0. The fourth-order valence-electron chi connectivity index (χ4n) is 4.59. The number of nitrogens with one attached hydrogen (secondary N) is 2. The molecule has 0 spiro atoms. The van der Waals surface area contributed by atoms with Crippen molar-refractivity contribution in [2.24, 2.45) is 13.0 Å². The van der Waals surface area contributed by atoms with E-state index in [1.165, 1.54) is 0 Å². The monoisotopic (exact) mass is 461 g/mol. The van der Waals surface area contributed by atoms with Gasteiger partial charge >= 0.3 is 0 Å². The number of carbonyl (C=O) groups is 3. The van der Waals surface area contributed by atoms with Crippen molar-refractivity contribution in [3.8, 4) is 0 Å². The van der Waals surface area contributed by atoms with Crippen molar-refractivity contribution in [2.45, 2.75) is 38.3 Å². The van der Waals surface area contributed by atoms with Crippen molar-refractivity contribution in [1.29, 1.82) is 0 Å². The smallest absolute Gasteiger partial charge is 0.268 e. The van der Waals surface area contributed by atoms with Gasteiger partial charge in [0, 0.05) is 24.0 Å². The Balaban J connectivity index is 1.29. The number of hydrogen-bond acceptors (Lipinski definition) is 4. The molecule has 2 aromatic carbocycles. The molecule has 7 nitrogen and oxygen atoms in total. The average molecular weight is 462 g/mol. The van der Waals surface area contributed by atoms with Gasteiger partial charge in [-0.1, -0.05) is 61.4 Å². The van der Waals surface area contributed by atoms with Crippen molar-refractivity contribution >= 4 is 28.5 Å². The zero-order valence-electron chi connectivity index (χ0n) is 19.5. The molecule has 1 aliphatic rings. The first kappa shape index (κ1) is 23.7. The molecular weight excluding hydrogens is 430 g/mol. The fraction of sp³-hybridized carbons (Fsp3) is 0.370. The van der Waals surface area contributed by atoms with Crippen molar-refractivity contribution < 1.29 is 19.1 Å². The summed E-state index contributed by atoms with van der Waals surface area (Å²) < 4.78 is 7.33. The molecule has 2 N–H and O–H groups in total. The molecule has 34 heavy (non-hydrogen) atoms. The number of hydrogen-bond donors (Lipinski definition) is 2. The first-order valence-corrected chi connectivity index (χ1v) is 11.8. The molecule has 1 fully saturated rings. The maximum Gasteiger partial charge on any atom is 0.268 e. The summed E-state index contributed by atoms with van der Waals surface area (Å²) in [7, 11) is 1.87. The number of ketones is 1. The number of aromatic nitrogens is 1. The lowest BCUT2D eigenvalue weighted by atomic mass is 9.83. The van der Waals surface area contributed by atoms with E-state index in [0.717, 1.165) is 35.7 Å². The van der Waals surface area contributed by atoms with Crippen LogP contribution in [0.3, 0.4) is 0 Å². The Bertz CT molecular complexity index is 1160. The van der Waals surface area contributed by atoms with Crippen LogP contribution in [0.5, 0.6) is 0 Å². The van der Waals surface area contributed by atoms with Crippen LogP contribution in [0.25, 0.3) is 10.9 Å². The Labute approximate surface area is 199 Å². The zero-order chi connectivity index (χ0) is 23.9. The van der Waals surface area contributed by atoms with E-state index >= 15 is 0 Å². The van der Waals surface area contributed by atoms with Gasteiger partial charge in [-0.3, -0.25) is 14.4 Å². The van der Waals surface area contributed by atoms with Crippen LogP contribution >= 0.6 is 0 Å². The summed E-state index contributed by atoms with van der Waals surface area (Å²) in [5.41, 5.74) is 2.54. The van der Waals surface area contributed by atoms with Gasteiger partial charge < -0.3 is 19.9 Å². The summed E-state index contributed by atoms with van der Waals surface area (Å²) in [6, 6.07) is 19.1. The Hall–Kier alpha value is -3.45. The molecule has 0 saturated heterocycles. The third-order valence-corrected chi connectivity index (χ3v) is 6.44. The number of aryl methyl sites for hydroxylation is 1. The van der Waals surface area contributed by atoms with Gasteiger partial charge in [0.1, 0.15) is 12.3 Å². The molecule has 1 aliphatic carbocycles. The predicted octanol–water partition coefficient (Wildman–Crippen LogP) is 3.37. The molecular formula is C27H31N3O4. The summed E-state index contributed by atoms with van der Waals surface area (Å²) in [6.45, 7) is 0.223. The summed E-state index contributed by atoms with van der Waals surface area (Å²) in [5.74, 6) is -0.922. The van der Waals surface area contributed by atoms with Gasteiger partial charge in [-0.2, -0.15) is 0 Å². The minimum atomic E-state index is -0.356. The van der Waals surface area contributed by atoms with E-state index in [9.17, 15) is 14.4 Å². The van der Waals surface area contributed by atoms with Gasteiger partial charge in [-0.25, -0.2) is 0 Å². The number of Topliss-reactive ketones (excluding diaryl/α,β-unsaturated/α-hetero) is 1. The molecule has 178 valence electrons. The molecule has 1 aromatic heterocycles. The van der Waals surface area contributed by atoms with Gasteiger partial charge in [0.15, 0.2) is 5.78 Å². The summed E-state index contributed by atoms with van der Waals surface area (Å²) in [4.78, 5) is 38.1. The minimum Gasteiger partial charge on any atom is -0.369 e. The average Bonchev–Trinajstić information content (AvgIpc) is 3.20. The Morgan fingerprint density at radius 3 is 2.53 bits per heavy atom. The Morgan fingerprint density at radius 1 is 1.00 bits per heavy atom. The highest BCUT2D eigenvalue weighted by Crippen LogP contribution is 2.26. The number of para-hydroxylation sites is 1. The molecule has 7 heteroatoms. The second kappa shape index (κ2) is 11.1. The van der Waals surface area contributed by atoms with E-state index in [1.54, 1.807) is 0 Å². The van der Waals surface area contributed by atoms with E-state index in [2.05, 4.69) is 10.6 Å². The van der Waals surface area contributed by atoms with Crippen molar-refractivity contribution in [3.05, 3.63) is 71.9 Å². The van der Waals surface area contributed by atoms with Crippen molar-refractivity contribution in [1.82, 2.24) is 15.2 Å². The Morgan fingerprint density at radius 2 is 1.74 bits per heavy atom. The second-order valence-corrected chi connectivity index (χ2v) is 8.85. The number of ether oxygens (including phenoxy) is 1. The molecule has 0 radical (unpaired) electrons. The molecule has 1 heterocycles. The third-order valence-electron chi connectivity index (χ3n) is 6.44. The molecule has 2 atom stereocenters. The predicted molar refractivity (Wildman–Crippen MR) is 130 cm³/mol. The van der Waals surface area contributed by atoms with Crippen LogP contribution in [0.4, 0.5) is 0 Å². The van der Waals surface area contributed by atoms with Gasteiger partial charge in [0.2, 0.25) is 5.91 Å². The highest BCUT2D eigenvalue weighted by Gasteiger charge is 2.32. The molecule has 2 amide bonds. The minimum absolute atomic E-state index is 0.0545. The molecule has 4 rings (SSSR count). The number of benzene rings is 2. The van der Waals surface area contributed by atoms with Gasteiger partial charge in [0.25, 0.3) is 5.91 Å². The zero-order valence-corrected chi connectivity index (χ0v) is 19.5. The molecule has 1 saturated carbocycles. The highest BCUT2D eigenvalue weighted by atomic mass is 16.5. The molecule has 0 aliphatic heterocycles. The number of fused-ring (bicyclic) bond motifs is 1. The number of carbonyl (C=O) groups excluding carboxylic acids is 3. The van der Waals surface area contributed by atoms with Gasteiger partial charge in [-0.15, -0.1) is 0 Å². The maximum atomic E-state index is 13.0. The van der Waals surface area contributed by atoms with Gasteiger partial charge in [-0.05, 0) is 30.5 Å². The van der Waals surface area contributed by atoms with Gasteiger partial charge in [0.05, 0.1) is 19.1 Å². The third kappa shape index (κ3) is 5.72. The largest absolute Gasteiger partial charge is 0.369 e. The van der Waals surface area contributed by atoms with Crippen LogP contribution in [0.15, 0.2) is 60.7 Å². The molecule has 0 unspecified atom stereocenters. The van der Waals surface area contributed by atoms with Crippen LogP contribution < -0.4 is 10.6 Å². The fourth-order valence-corrected chi connectivity index (χ4v) is 4.59. The number of nitrogens with zero attached hydrogens (tertiary/aromatic N) is 1. The van der Waals surface area contributed by atoms with Crippen LogP contribution in [-0.4, -0.2) is 41.4 Å². The lowest BCUT2D eigenvalue weighted by Crippen LogP contribution is -2.49. The summed E-state index contributed by atoms with van der Waals surface area (Å²) >= 11 is 0. The SMILES string of the molecule is Cn1c(C(=O)N[C@H]2CCCC[C@H]2C(=O)NCC(=O)COCc2ccccc2)cc2ccccc21. The first-order valence-electron chi connectivity index (χ1n) is 11.8. The van der Waals surface area contributed by atoms with E-state index in [-0.39, 0.29) is 42.7 Å². The number of rotatable bonds is 9. The topological polar surface area (TPSA) is 89.4 Å². The molecule has 3 aromatic rings. The summed E-state index contributed by atoms with van der Waals surface area (Å²) in [6.07, 6.45) is 3.30. The van der Waals surface area contributed by atoms with Crippen LogP contribution in [0.1, 0.15) is 41.7 Å². The van der Waals surface area contributed by atoms with Crippen molar-refractivity contribution in [2.75, 3.05) is 13.2 Å². The lowest BCUT2D eigenvalue weighted by Gasteiger charge is -2.31. The van der Waals surface area contributed by atoms with E-state index in [1.807, 2.05) is 72.3 Å². The normalized spacial score (nSPS) is 17.9. The Kier molecular flexibility index (Phi) is 7.75. The first-order chi connectivity index (χ1) is 16.5. The molecule has 0 bridgehead atoms. The second-order valence-electron chi connectivity index (χ2n) is 8.85. The lowest BCUT2D eigenvalue weighted by molar-refractivity contribution is -0.130. The van der Waals surface area contributed by atoms with E-state index in [0.29, 0.717) is 18.7 Å². The summed E-state index contributed by atoms with van der Waals surface area (Å²) in [5, 5.41) is 6.83. The van der Waals surface area contributed by atoms with Crippen molar-refractivity contribution in [3.63, 3.8) is 0 Å². The van der Waals surface area contributed by atoms with E-state index < -0.39 is 0 Å². The quantitative estimate of drug-likeness (QED) is 0.511. The van der Waals surface area contributed by atoms with Crippen LogP contribution in [0, 0.1) is 5.92 Å². The van der Waals surface area contributed by atoms with E-state index in [4.69, 9.17) is 4.74 Å². The standard InChI is InChI=1S/C27H31N3O4/c1-30-24-14-8-5-11-20(24)15-25(30)27(33)29-23-13-7-6-12-22(23)26(32)28-16-21(31)18-34-17-19-9-3-2-4-10-19/h2-5,8-11,14-15,22-23H,6-7,12-13,16-18H2,1H3,(H,28,32)(H,29,33)/t22-,23+/m1/s1.